The predicted molar refractivity (Wildman–Crippen MR) is 127 cm³/mol. The van der Waals surface area contributed by atoms with Crippen molar-refractivity contribution in [3.63, 3.8) is 0 Å². The number of guanidine groups is 1. The highest BCUT2D eigenvalue weighted by molar-refractivity contribution is 6.06. The number of aliphatic imine (C=N–C) groups is 1. The van der Waals surface area contributed by atoms with Crippen LogP contribution in [0, 0.1) is 11.6 Å². The van der Waals surface area contributed by atoms with E-state index in [4.69, 9.17) is 9.73 Å². The Morgan fingerprint density at radius 3 is 2.32 bits per heavy atom. The zero-order chi connectivity index (χ0) is 23.9. The van der Waals surface area contributed by atoms with Gasteiger partial charge in [-0.2, -0.15) is 0 Å². The molecule has 1 aliphatic heterocycles. The van der Waals surface area contributed by atoms with Gasteiger partial charge in [0.2, 0.25) is 5.96 Å². The molecule has 0 bridgehead atoms. The molecule has 0 saturated carbocycles. The van der Waals surface area contributed by atoms with E-state index in [2.05, 4.69) is 10.2 Å². The minimum atomic E-state index is -0.412. The number of halogens is 2. The molecule has 0 aliphatic carbocycles. The minimum absolute atomic E-state index is 0.213. The third kappa shape index (κ3) is 5.77. The number of methoxy groups -OCH3 is 1. The Balaban J connectivity index is 1.52. The van der Waals surface area contributed by atoms with Gasteiger partial charge < -0.3 is 9.64 Å². The SMILES string of the molecule is COc1ccccc1N=C(NC(=O)c1ccc(F)cc1)N1CCN(Cc2ccccc2F)CC1. The lowest BCUT2D eigenvalue weighted by Gasteiger charge is -2.36. The number of carbonyl (C=O) groups is 1. The van der Waals surface area contributed by atoms with Crippen LogP contribution in [0.5, 0.6) is 5.75 Å². The molecule has 1 aliphatic rings. The highest BCUT2D eigenvalue weighted by Crippen LogP contribution is 2.27. The number of para-hydroxylation sites is 2. The molecule has 0 atom stereocenters. The number of hydrogen-bond acceptors (Lipinski definition) is 4. The fraction of sp³-hybridized carbons (Fsp3) is 0.231. The number of hydrogen-bond donors (Lipinski definition) is 1. The Labute approximate surface area is 197 Å². The van der Waals surface area contributed by atoms with Crippen molar-refractivity contribution in [1.29, 1.82) is 0 Å². The summed E-state index contributed by atoms with van der Waals surface area (Å²) in [6.45, 7) is 3.04. The molecule has 8 heteroatoms. The molecular weight excluding hydrogens is 438 g/mol. The van der Waals surface area contributed by atoms with E-state index in [0.29, 0.717) is 61.2 Å². The van der Waals surface area contributed by atoms with Crippen LogP contribution in [0.25, 0.3) is 0 Å². The summed E-state index contributed by atoms with van der Waals surface area (Å²) in [5, 5.41) is 2.88. The average Bonchev–Trinajstić information content (AvgIpc) is 2.86. The van der Waals surface area contributed by atoms with Crippen LogP contribution < -0.4 is 10.1 Å². The van der Waals surface area contributed by atoms with Gasteiger partial charge in [-0.25, -0.2) is 13.8 Å². The van der Waals surface area contributed by atoms with E-state index in [1.807, 2.05) is 23.1 Å². The number of ether oxygens (including phenoxy) is 1. The normalized spacial score (nSPS) is 14.7. The van der Waals surface area contributed by atoms with E-state index in [0.717, 1.165) is 0 Å². The monoisotopic (exact) mass is 464 g/mol. The summed E-state index contributed by atoms with van der Waals surface area (Å²) in [4.78, 5) is 21.7. The molecule has 3 aromatic rings. The fourth-order valence-corrected chi connectivity index (χ4v) is 3.77. The second-order valence-corrected chi connectivity index (χ2v) is 7.92. The first-order valence-corrected chi connectivity index (χ1v) is 11.0. The van der Waals surface area contributed by atoms with Crippen LogP contribution in [0.1, 0.15) is 15.9 Å². The lowest BCUT2D eigenvalue weighted by atomic mass is 10.2. The molecule has 34 heavy (non-hydrogen) atoms. The van der Waals surface area contributed by atoms with E-state index < -0.39 is 5.82 Å². The fourth-order valence-electron chi connectivity index (χ4n) is 3.77. The summed E-state index contributed by atoms with van der Waals surface area (Å²) in [6.07, 6.45) is 0. The first-order valence-electron chi connectivity index (χ1n) is 11.0. The van der Waals surface area contributed by atoms with E-state index in [1.54, 1.807) is 31.4 Å². The van der Waals surface area contributed by atoms with E-state index >= 15 is 0 Å². The Morgan fingerprint density at radius 1 is 0.941 bits per heavy atom. The van der Waals surface area contributed by atoms with Gasteiger partial charge in [0.1, 0.15) is 23.1 Å². The zero-order valence-corrected chi connectivity index (χ0v) is 18.9. The van der Waals surface area contributed by atoms with Gasteiger partial charge in [-0.05, 0) is 42.5 Å². The number of rotatable bonds is 5. The third-order valence-corrected chi connectivity index (χ3v) is 5.67. The Kier molecular flexibility index (Phi) is 7.49. The summed E-state index contributed by atoms with van der Waals surface area (Å²) < 4.78 is 32.7. The molecule has 1 saturated heterocycles. The lowest BCUT2D eigenvalue weighted by Crippen LogP contribution is -2.53. The van der Waals surface area contributed by atoms with Crippen LogP contribution in [0.15, 0.2) is 77.8 Å². The smallest absolute Gasteiger partial charge is 0.257 e. The maximum absolute atomic E-state index is 14.1. The number of piperazine rings is 1. The van der Waals surface area contributed by atoms with Crippen molar-refractivity contribution < 1.29 is 18.3 Å². The van der Waals surface area contributed by atoms with Crippen molar-refractivity contribution in [3.05, 3.63) is 95.6 Å². The number of nitrogens with one attached hydrogen (secondary N) is 1. The molecule has 6 nitrogen and oxygen atoms in total. The molecule has 4 rings (SSSR count). The van der Waals surface area contributed by atoms with Crippen molar-refractivity contribution in [2.24, 2.45) is 4.99 Å². The van der Waals surface area contributed by atoms with Crippen molar-refractivity contribution in [1.82, 2.24) is 15.1 Å². The van der Waals surface area contributed by atoms with E-state index in [9.17, 15) is 13.6 Å². The highest BCUT2D eigenvalue weighted by atomic mass is 19.1. The molecule has 3 aromatic carbocycles. The van der Waals surface area contributed by atoms with Crippen LogP contribution in [-0.4, -0.2) is 55.0 Å². The number of benzene rings is 3. The van der Waals surface area contributed by atoms with Gasteiger partial charge in [-0.3, -0.25) is 15.0 Å². The number of carbonyl (C=O) groups excluding carboxylic acids is 1. The number of amides is 1. The first-order chi connectivity index (χ1) is 16.5. The molecular formula is C26H26F2N4O2. The Hall–Kier alpha value is -3.78. The topological polar surface area (TPSA) is 57.2 Å². The van der Waals surface area contributed by atoms with Gasteiger partial charge in [-0.15, -0.1) is 0 Å². The largest absolute Gasteiger partial charge is 0.494 e. The van der Waals surface area contributed by atoms with Crippen LogP contribution >= 0.6 is 0 Å². The highest BCUT2D eigenvalue weighted by Gasteiger charge is 2.23. The molecule has 0 radical (unpaired) electrons. The van der Waals surface area contributed by atoms with E-state index in [1.165, 1.54) is 30.3 Å². The Morgan fingerprint density at radius 2 is 1.62 bits per heavy atom. The van der Waals surface area contributed by atoms with E-state index in [-0.39, 0.29) is 11.7 Å². The molecule has 1 heterocycles. The summed E-state index contributed by atoms with van der Waals surface area (Å²) in [7, 11) is 1.56. The van der Waals surface area contributed by atoms with Crippen molar-refractivity contribution >= 4 is 17.6 Å². The van der Waals surface area contributed by atoms with Gasteiger partial charge in [0.05, 0.1) is 7.11 Å². The molecule has 0 aromatic heterocycles. The maximum Gasteiger partial charge on any atom is 0.257 e. The van der Waals surface area contributed by atoms with Crippen LogP contribution in [0.3, 0.4) is 0 Å². The second-order valence-electron chi connectivity index (χ2n) is 7.92. The van der Waals surface area contributed by atoms with Crippen molar-refractivity contribution in [3.8, 4) is 5.75 Å². The molecule has 1 amide bonds. The predicted octanol–water partition coefficient (Wildman–Crippen LogP) is 4.21. The van der Waals surface area contributed by atoms with Gasteiger partial charge in [-0.1, -0.05) is 30.3 Å². The average molecular weight is 465 g/mol. The van der Waals surface area contributed by atoms with Gasteiger partial charge >= 0.3 is 0 Å². The quantitative estimate of drug-likeness (QED) is 0.454. The lowest BCUT2D eigenvalue weighted by molar-refractivity contribution is 0.0967. The molecule has 1 fully saturated rings. The summed E-state index contributed by atoms with van der Waals surface area (Å²) >= 11 is 0. The summed E-state index contributed by atoms with van der Waals surface area (Å²) in [5.74, 6) is -0.0543. The Bertz CT molecular complexity index is 1160. The molecule has 0 spiro atoms. The second kappa shape index (κ2) is 10.9. The standard InChI is InChI=1S/C26H26F2N4O2/c1-34-24-9-5-4-8-23(24)29-26(30-25(33)19-10-12-21(27)13-11-19)32-16-14-31(15-17-32)18-20-6-2-3-7-22(20)28/h2-13H,14-18H2,1H3,(H,29,30,33). The third-order valence-electron chi connectivity index (χ3n) is 5.67. The molecule has 1 N–H and O–H groups in total. The molecule has 0 unspecified atom stereocenters. The summed E-state index contributed by atoms with van der Waals surface area (Å²) in [5.41, 5.74) is 1.56. The van der Waals surface area contributed by atoms with Crippen LogP contribution in [0.2, 0.25) is 0 Å². The first kappa shape index (κ1) is 23.4. The van der Waals surface area contributed by atoms with Gasteiger partial charge in [0.25, 0.3) is 5.91 Å². The molecule has 176 valence electrons. The van der Waals surface area contributed by atoms with Crippen molar-refractivity contribution in [2.75, 3.05) is 33.3 Å². The zero-order valence-electron chi connectivity index (χ0n) is 18.9. The van der Waals surface area contributed by atoms with Gasteiger partial charge in [0.15, 0.2) is 0 Å². The number of nitrogens with zero attached hydrogens (tertiary/aromatic N) is 3. The minimum Gasteiger partial charge on any atom is -0.494 e. The van der Waals surface area contributed by atoms with Crippen molar-refractivity contribution in [2.45, 2.75) is 6.54 Å². The maximum atomic E-state index is 14.1. The van der Waals surface area contributed by atoms with Gasteiger partial charge in [0, 0.05) is 43.9 Å². The summed E-state index contributed by atoms with van der Waals surface area (Å²) in [6, 6.07) is 19.4. The van der Waals surface area contributed by atoms with Crippen LogP contribution in [0.4, 0.5) is 14.5 Å². The van der Waals surface area contributed by atoms with Crippen LogP contribution in [-0.2, 0) is 6.54 Å².